The molecule has 1 unspecified atom stereocenters. The molecule has 0 aromatic carbocycles. The van der Waals surface area contributed by atoms with Crippen molar-refractivity contribution in [3.05, 3.63) is 17.0 Å². The maximum atomic E-state index is 12.4. The molecule has 0 saturated heterocycles. The Labute approximate surface area is 127 Å². The lowest BCUT2D eigenvalue weighted by Crippen LogP contribution is -2.52. The quantitative estimate of drug-likeness (QED) is 0.873. The van der Waals surface area contributed by atoms with Gasteiger partial charge in [-0.2, -0.15) is 5.10 Å². The summed E-state index contributed by atoms with van der Waals surface area (Å²) < 4.78 is 1.73. The average Bonchev–Trinajstić information content (AvgIpc) is 2.51. The van der Waals surface area contributed by atoms with Crippen molar-refractivity contribution in [3.63, 3.8) is 0 Å². The minimum Gasteiger partial charge on any atom is -0.345 e. The van der Waals surface area contributed by atoms with Gasteiger partial charge < -0.3 is 11.1 Å². The molecule has 6 heteroatoms. The standard InChI is InChI=1S/C14H26N4O.ClH/c1-9(2)7-14(5,8-15)16-13(19)12-10(3)17-18(6)11(12)4;/h9H,7-8,15H2,1-6H3,(H,16,19);1H. The van der Waals surface area contributed by atoms with Crippen LogP contribution in [0.5, 0.6) is 0 Å². The van der Waals surface area contributed by atoms with E-state index in [0.717, 1.165) is 17.8 Å². The Morgan fingerprint density at radius 2 is 2.00 bits per heavy atom. The van der Waals surface area contributed by atoms with Gasteiger partial charge in [-0.15, -0.1) is 12.4 Å². The van der Waals surface area contributed by atoms with Gasteiger partial charge in [-0.3, -0.25) is 9.48 Å². The van der Waals surface area contributed by atoms with E-state index < -0.39 is 0 Å². The van der Waals surface area contributed by atoms with Gasteiger partial charge in [0.2, 0.25) is 0 Å². The molecule has 0 aliphatic carbocycles. The van der Waals surface area contributed by atoms with Gasteiger partial charge in [-0.25, -0.2) is 0 Å². The smallest absolute Gasteiger partial charge is 0.255 e. The summed E-state index contributed by atoms with van der Waals surface area (Å²) in [6.07, 6.45) is 0.855. The molecular formula is C14H27ClN4O. The molecule has 0 spiro atoms. The second kappa shape index (κ2) is 7.09. The lowest BCUT2D eigenvalue weighted by molar-refractivity contribution is 0.0897. The van der Waals surface area contributed by atoms with Gasteiger partial charge in [-0.1, -0.05) is 13.8 Å². The van der Waals surface area contributed by atoms with Crippen LogP contribution in [0, 0.1) is 19.8 Å². The third-order valence-electron chi connectivity index (χ3n) is 3.46. The summed E-state index contributed by atoms with van der Waals surface area (Å²) in [5.41, 5.74) is 7.74. The van der Waals surface area contributed by atoms with Crippen LogP contribution < -0.4 is 11.1 Å². The fourth-order valence-corrected chi connectivity index (χ4v) is 2.53. The highest BCUT2D eigenvalue weighted by Crippen LogP contribution is 2.18. The van der Waals surface area contributed by atoms with E-state index in [0.29, 0.717) is 18.0 Å². The molecule has 1 aromatic heterocycles. The second-order valence-corrected chi connectivity index (χ2v) is 5.99. The molecule has 5 nitrogen and oxygen atoms in total. The van der Waals surface area contributed by atoms with E-state index in [2.05, 4.69) is 24.3 Å². The molecular weight excluding hydrogens is 276 g/mol. The monoisotopic (exact) mass is 302 g/mol. The van der Waals surface area contributed by atoms with Crippen LogP contribution in [0.1, 0.15) is 48.9 Å². The van der Waals surface area contributed by atoms with Gasteiger partial charge >= 0.3 is 0 Å². The van der Waals surface area contributed by atoms with Crippen molar-refractivity contribution in [2.24, 2.45) is 18.7 Å². The van der Waals surface area contributed by atoms with E-state index in [4.69, 9.17) is 5.73 Å². The highest BCUT2D eigenvalue weighted by atomic mass is 35.5. The van der Waals surface area contributed by atoms with Gasteiger partial charge in [0.15, 0.2) is 0 Å². The summed E-state index contributed by atoms with van der Waals surface area (Å²) in [6, 6.07) is 0. The summed E-state index contributed by atoms with van der Waals surface area (Å²) in [5.74, 6) is 0.390. The minimum atomic E-state index is -0.375. The molecule has 20 heavy (non-hydrogen) atoms. The predicted octanol–water partition coefficient (Wildman–Crippen LogP) is 1.95. The van der Waals surface area contributed by atoms with Crippen molar-refractivity contribution in [2.45, 2.75) is 46.6 Å². The Morgan fingerprint density at radius 3 is 2.35 bits per heavy atom. The molecule has 1 aromatic rings. The number of nitrogens with two attached hydrogens (primary N) is 1. The lowest BCUT2D eigenvalue weighted by atomic mass is 9.90. The Balaban J connectivity index is 0.00000361. The number of carbonyl (C=O) groups is 1. The van der Waals surface area contributed by atoms with E-state index in [1.165, 1.54) is 0 Å². The molecule has 1 rings (SSSR count). The highest BCUT2D eigenvalue weighted by Gasteiger charge is 2.28. The summed E-state index contributed by atoms with van der Waals surface area (Å²) in [5, 5.41) is 7.34. The lowest BCUT2D eigenvalue weighted by Gasteiger charge is -2.31. The normalized spacial score (nSPS) is 13.8. The zero-order chi connectivity index (χ0) is 14.8. The maximum Gasteiger partial charge on any atom is 0.255 e. The predicted molar refractivity (Wildman–Crippen MR) is 84.3 cm³/mol. The van der Waals surface area contributed by atoms with Crippen molar-refractivity contribution in [1.29, 1.82) is 0 Å². The van der Waals surface area contributed by atoms with Crippen molar-refractivity contribution < 1.29 is 4.79 Å². The van der Waals surface area contributed by atoms with E-state index in [-0.39, 0.29) is 23.9 Å². The van der Waals surface area contributed by atoms with E-state index in [1.54, 1.807) is 4.68 Å². The van der Waals surface area contributed by atoms with Gasteiger partial charge in [0.05, 0.1) is 11.3 Å². The molecule has 0 fully saturated rings. The molecule has 0 saturated carbocycles. The number of aryl methyl sites for hydroxylation is 2. The first-order valence-corrected chi connectivity index (χ1v) is 6.73. The van der Waals surface area contributed by atoms with Gasteiger partial charge in [-0.05, 0) is 33.1 Å². The second-order valence-electron chi connectivity index (χ2n) is 5.99. The fraction of sp³-hybridized carbons (Fsp3) is 0.714. The largest absolute Gasteiger partial charge is 0.345 e. The van der Waals surface area contributed by atoms with Gasteiger partial charge in [0.1, 0.15) is 0 Å². The first-order chi connectivity index (χ1) is 8.70. The number of halogens is 1. The number of hydrogen-bond donors (Lipinski definition) is 2. The topological polar surface area (TPSA) is 72.9 Å². The maximum absolute atomic E-state index is 12.4. The Kier molecular flexibility index (Phi) is 6.71. The molecule has 1 amide bonds. The van der Waals surface area contributed by atoms with Crippen LogP contribution in [0.4, 0.5) is 0 Å². The molecule has 1 heterocycles. The van der Waals surface area contributed by atoms with Crippen molar-refractivity contribution in [3.8, 4) is 0 Å². The fourth-order valence-electron chi connectivity index (χ4n) is 2.53. The zero-order valence-electron chi connectivity index (χ0n) is 13.3. The summed E-state index contributed by atoms with van der Waals surface area (Å²) >= 11 is 0. The van der Waals surface area contributed by atoms with E-state index in [1.807, 2.05) is 27.8 Å². The van der Waals surface area contributed by atoms with Gasteiger partial charge in [0.25, 0.3) is 5.91 Å². The van der Waals surface area contributed by atoms with Crippen LogP contribution in [0.2, 0.25) is 0 Å². The summed E-state index contributed by atoms with van der Waals surface area (Å²) in [7, 11) is 1.84. The molecule has 116 valence electrons. The Bertz CT molecular complexity index is 470. The van der Waals surface area contributed by atoms with Crippen molar-refractivity contribution in [2.75, 3.05) is 6.54 Å². The van der Waals surface area contributed by atoms with Crippen LogP contribution in [-0.4, -0.2) is 27.8 Å². The third kappa shape index (κ3) is 4.21. The Morgan fingerprint density at radius 1 is 1.45 bits per heavy atom. The summed E-state index contributed by atoms with van der Waals surface area (Å²) in [6.45, 7) is 10.4. The van der Waals surface area contributed by atoms with Crippen LogP contribution >= 0.6 is 12.4 Å². The van der Waals surface area contributed by atoms with Crippen LogP contribution in [0.15, 0.2) is 0 Å². The molecule has 0 bridgehead atoms. The number of amides is 1. The van der Waals surface area contributed by atoms with Crippen molar-refractivity contribution in [1.82, 2.24) is 15.1 Å². The number of nitrogens with zero attached hydrogens (tertiary/aromatic N) is 2. The highest BCUT2D eigenvalue weighted by molar-refractivity contribution is 5.96. The van der Waals surface area contributed by atoms with E-state index >= 15 is 0 Å². The van der Waals surface area contributed by atoms with Crippen LogP contribution in [0.25, 0.3) is 0 Å². The number of nitrogens with one attached hydrogen (secondary N) is 1. The number of rotatable bonds is 5. The van der Waals surface area contributed by atoms with Crippen LogP contribution in [0.3, 0.4) is 0 Å². The molecule has 0 aliphatic rings. The number of carbonyl (C=O) groups excluding carboxylic acids is 1. The minimum absolute atomic E-state index is 0. The first kappa shape index (κ1) is 18.9. The van der Waals surface area contributed by atoms with Crippen LogP contribution in [-0.2, 0) is 7.05 Å². The molecule has 0 radical (unpaired) electrons. The first-order valence-electron chi connectivity index (χ1n) is 6.73. The van der Waals surface area contributed by atoms with Gasteiger partial charge in [0, 0.05) is 24.8 Å². The zero-order valence-corrected chi connectivity index (χ0v) is 14.1. The summed E-state index contributed by atoms with van der Waals surface area (Å²) in [4.78, 5) is 12.4. The number of hydrogen-bond acceptors (Lipinski definition) is 3. The molecule has 0 aliphatic heterocycles. The van der Waals surface area contributed by atoms with Crippen molar-refractivity contribution >= 4 is 18.3 Å². The molecule has 3 N–H and O–H groups in total. The molecule has 1 atom stereocenters. The van der Waals surface area contributed by atoms with E-state index in [9.17, 15) is 4.79 Å². The SMILES string of the molecule is Cc1nn(C)c(C)c1C(=O)NC(C)(CN)CC(C)C.Cl. The third-order valence-corrected chi connectivity index (χ3v) is 3.46. The number of aromatic nitrogens is 2. The Hall–Kier alpha value is -1.07. The average molecular weight is 303 g/mol.